The predicted molar refractivity (Wildman–Crippen MR) is 125 cm³/mol. The fourth-order valence-corrected chi connectivity index (χ4v) is 3.44. The van der Waals surface area contributed by atoms with Crippen molar-refractivity contribution < 1.29 is 14.3 Å². The molecule has 1 saturated heterocycles. The van der Waals surface area contributed by atoms with Crippen LogP contribution in [-0.4, -0.2) is 75.3 Å². The minimum Gasteiger partial charge on any atom is -0.497 e. The molecule has 1 fully saturated rings. The van der Waals surface area contributed by atoms with E-state index in [9.17, 15) is 4.79 Å². The summed E-state index contributed by atoms with van der Waals surface area (Å²) >= 11 is 0. The van der Waals surface area contributed by atoms with Gasteiger partial charge in [0.1, 0.15) is 17.6 Å². The summed E-state index contributed by atoms with van der Waals surface area (Å²) in [7, 11) is 1.65. The highest BCUT2D eigenvalue weighted by Gasteiger charge is 2.21. The molecule has 0 saturated carbocycles. The first-order valence-electron chi connectivity index (χ1n) is 11.4. The number of nitrogens with zero attached hydrogens (tertiary/aromatic N) is 2. The van der Waals surface area contributed by atoms with Crippen LogP contribution >= 0.6 is 0 Å². The summed E-state index contributed by atoms with van der Waals surface area (Å²) in [5, 5.41) is 9.80. The summed E-state index contributed by atoms with van der Waals surface area (Å²) in [5.74, 6) is 2.48. The number of methoxy groups -OCH3 is 1. The molecule has 1 heterocycles. The zero-order chi connectivity index (χ0) is 22.5. The van der Waals surface area contributed by atoms with Crippen molar-refractivity contribution in [1.29, 1.82) is 0 Å². The first-order valence-corrected chi connectivity index (χ1v) is 11.4. The quantitative estimate of drug-likeness (QED) is 0.366. The molecule has 1 amide bonds. The van der Waals surface area contributed by atoms with Gasteiger partial charge in [-0.1, -0.05) is 13.0 Å². The first-order chi connectivity index (χ1) is 15.0. The molecule has 1 aliphatic rings. The van der Waals surface area contributed by atoms with E-state index in [1.165, 1.54) is 0 Å². The molecule has 1 atom stereocenters. The van der Waals surface area contributed by atoms with Crippen LogP contribution in [0.1, 0.15) is 40.0 Å². The third-order valence-electron chi connectivity index (χ3n) is 5.10. The summed E-state index contributed by atoms with van der Waals surface area (Å²) in [4.78, 5) is 18.8. The third-order valence-corrected chi connectivity index (χ3v) is 5.10. The molecule has 8 nitrogen and oxygen atoms in total. The molecule has 0 spiro atoms. The van der Waals surface area contributed by atoms with E-state index < -0.39 is 0 Å². The molecule has 0 radical (unpaired) electrons. The lowest BCUT2D eigenvalue weighted by Gasteiger charge is -2.32. The molecular formula is C23H39N5O3. The van der Waals surface area contributed by atoms with Crippen molar-refractivity contribution in [2.24, 2.45) is 4.99 Å². The Morgan fingerprint density at radius 3 is 2.65 bits per heavy atom. The highest BCUT2D eigenvalue weighted by Crippen LogP contribution is 2.20. The van der Waals surface area contributed by atoms with E-state index in [1.807, 2.05) is 31.2 Å². The highest BCUT2D eigenvalue weighted by atomic mass is 16.5. The van der Waals surface area contributed by atoms with Crippen LogP contribution in [0.5, 0.6) is 11.5 Å². The van der Waals surface area contributed by atoms with E-state index in [1.54, 1.807) is 7.11 Å². The number of benzene rings is 1. The Kier molecular flexibility index (Phi) is 11.0. The van der Waals surface area contributed by atoms with E-state index >= 15 is 0 Å². The van der Waals surface area contributed by atoms with Gasteiger partial charge in [0.25, 0.3) is 0 Å². The molecular weight excluding hydrogens is 394 g/mol. The number of carbonyl (C=O) groups is 1. The molecule has 8 heteroatoms. The van der Waals surface area contributed by atoms with Crippen molar-refractivity contribution in [3.63, 3.8) is 0 Å². The monoisotopic (exact) mass is 433 g/mol. The standard InChI is InChI=1S/C23H39N5O3/c1-5-12-25-22(29)17-28-13-10-19(11-14-28)27-23(24-6-2)26-16-18(3)31-21-9-7-8-20(15-21)30-4/h7-9,15,18-19H,5-6,10-14,16-17H2,1-4H3,(H,25,29)(H2,24,26,27). The number of rotatable bonds is 11. The fraction of sp³-hybridized carbons (Fsp3) is 0.652. The molecule has 1 aromatic rings. The Morgan fingerprint density at radius 1 is 1.23 bits per heavy atom. The van der Waals surface area contributed by atoms with E-state index in [4.69, 9.17) is 14.5 Å². The predicted octanol–water partition coefficient (Wildman–Crippen LogP) is 2.01. The van der Waals surface area contributed by atoms with Crippen molar-refractivity contribution in [3.05, 3.63) is 24.3 Å². The summed E-state index contributed by atoms with van der Waals surface area (Å²) in [6.45, 7) is 10.5. The highest BCUT2D eigenvalue weighted by molar-refractivity contribution is 5.80. The summed E-state index contributed by atoms with van der Waals surface area (Å²) in [5.41, 5.74) is 0. The smallest absolute Gasteiger partial charge is 0.234 e. The zero-order valence-electron chi connectivity index (χ0n) is 19.4. The van der Waals surface area contributed by atoms with Crippen LogP contribution in [0.3, 0.4) is 0 Å². The molecule has 1 aliphatic heterocycles. The van der Waals surface area contributed by atoms with Gasteiger partial charge in [-0.25, -0.2) is 4.99 Å². The Labute approximate surface area is 186 Å². The van der Waals surface area contributed by atoms with Crippen molar-refractivity contribution in [1.82, 2.24) is 20.9 Å². The van der Waals surface area contributed by atoms with Crippen molar-refractivity contribution >= 4 is 11.9 Å². The lowest BCUT2D eigenvalue weighted by molar-refractivity contribution is -0.122. The Hall–Kier alpha value is -2.48. The molecule has 1 aromatic carbocycles. The summed E-state index contributed by atoms with van der Waals surface area (Å²) < 4.78 is 11.2. The molecule has 0 bridgehead atoms. The number of piperidine rings is 1. The van der Waals surface area contributed by atoms with Crippen LogP contribution in [0.15, 0.2) is 29.3 Å². The van der Waals surface area contributed by atoms with Gasteiger partial charge >= 0.3 is 0 Å². The SMILES string of the molecule is CCCNC(=O)CN1CCC(NC(=NCC(C)Oc2cccc(OC)c2)NCC)CC1. The van der Waals surface area contributed by atoms with Gasteiger partial charge in [-0.3, -0.25) is 9.69 Å². The number of aliphatic imine (C=N–C) groups is 1. The third kappa shape index (κ3) is 9.46. The lowest BCUT2D eigenvalue weighted by atomic mass is 10.1. The van der Waals surface area contributed by atoms with Crippen LogP contribution in [0.4, 0.5) is 0 Å². The number of likely N-dealkylation sites (tertiary alicyclic amines) is 1. The van der Waals surface area contributed by atoms with Gasteiger partial charge in [0.05, 0.1) is 20.2 Å². The number of guanidine groups is 1. The Balaban J connectivity index is 1.78. The van der Waals surface area contributed by atoms with Crippen molar-refractivity contribution in [2.75, 3.05) is 46.4 Å². The molecule has 174 valence electrons. The average molecular weight is 434 g/mol. The van der Waals surface area contributed by atoms with E-state index in [2.05, 4.69) is 34.7 Å². The van der Waals surface area contributed by atoms with Gasteiger partial charge in [-0.2, -0.15) is 0 Å². The normalized spacial score (nSPS) is 16.5. The number of nitrogens with one attached hydrogen (secondary N) is 3. The number of carbonyl (C=O) groups excluding carboxylic acids is 1. The minimum absolute atomic E-state index is 0.0638. The molecule has 0 aromatic heterocycles. The van der Waals surface area contributed by atoms with Gasteiger partial charge in [0.2, 0.25) is 5.91 Å². The number of hydrogen-bond acceptors (Lipinski definition) is 5. The second-order valence-corrected chi connectivity index (χ2v) is 7.87. The summed E-state index contributed by atoms with van der Waals surface area (Å²) in [6, 6.07) is 7.95. The van der Waals surface area contributed by atoms with E-state index in [-0.39, 0.29) is 12.0 Å². The first kappa shape index (κ1) is 24.8. The minimum atomic E-state index is -0.0638. The molecule has 3 N–H and O–H groups in total. The van der Waals surface area contributed by atoms with Crippen LogP contribution < -0.4 is 25.4 Å². The number of hydrogen-bond donors (Lipinski definition) is 3. The maximum absolute atomic E-state index is 11.9. The second-order valence-electron chi connectivity index (χ2n) is 7.87. The molecule has 0 aliphatic carbocycles. The van der Waals surface area contributed by atoms with E-state index in [0.29, 0.717) is 19.1 Å². The number of ether oxygens (including phenoxy) is 2. The van der Waals surface area contributed by atoms with Gasteiger partial charge in [0, 0.05) is 38.3 Å². The molecule has 2 rings (SSSR count). The Morgan fingerprint density at radius 2 is 1.97 bits per heavy atom. The van der Waals surface area contributed by atoms with Crippen LogP contribution in [-0.2, 0) is 4.79 Å². The summed E-state index contributed by atoms with van der Waals surface area (Å²) in [6.07, 6.45) is 2.88. The van der Waals surface area contributed by atoms with Gasteiger partial charge in [0.15, 0.2) is 5.96 Å². The van der Waals surface area contributed by atoms with Crippen molar-refractivity contribution in [3.8, 4) is 11.5 Å². The zero-order valence-corrected chi connectivity index (χ0v) is 19.4. The topological polar surface area (TPSA) is 87.2 Å². The van der Waals surface area contributed by atoms with Crippen molar-refractivity contribution in [2.45, 2.75) is 52.2 Å². The largest absolute Gasteiger partial charge is 0.497 e. The van der Waals surface area contributed by atoms with Gasteiger partial charge in [-0.05, 0) is 45.2 Å². The lowest BCUT2D eigenvalue weighted by Crippen LogP contribution is -2.50. The van der Waals surface area contributed by atoms with Gasteiger partial charge in [-0.15, -0.1) is 0 Å². The molecule has 1 unspecified atom stereocenters. The van der Waals surface area contributed by atoms with Crippen LogP contribution in [0.2, 0.25) is 0 Å². The van der Waals surface area contributed by atoms with Crippen LogP contribution in [0, 0.1) is 0 Å². The number of amides is 1. The molecule has 31 heavy (non-hydrogen) atoms. The van der Waals surface area contributed by atoms with E-state index in [0.717, 1.165) is 62.9 Å². The van der Waals surface area contributed by atoms with Gasteiger partial charge < -0.3 is 25.4 Å². The fourth-order valence-electron chi connectivity index (χ4n) is 3.44. The maximum Gasteiger partial charge on any atom is 0.234 e. The van der Waals surface area contributed by atoms with Crippen LogP contribution in [0.25, 0.3) is 0 Å². The maximum atomic E-state index is 11.9. The Bertz CT molecular complexity index is 690. The second kappa shape index (κ2) is 13.7. The average Bonchev–Trinajstić information content (AvgIpc) is 2.77.